The Hall–Kier alpha value is -2.18. The summed E-state index contributed by atoms with van der Waals surface area (Å²) in [6, 6.07) is 15.3. The van der Waals surface area contributed by atoms with E-state index >= 15 is 0 Å². The summed E-state index contributed by atoms with van der Waals surface area (Å²) in [5, 5.41) is 0. The van der Waals surface area contributed by atoms with Gasteiger partial charge >= 0.3 is 0 Å². The molecule has 0 radical (unpaired) electrons. The van der Waals surface area contributed by atoms with Crippen molar-refractivity contribution in [1.82, 2.24) is 4.72 Å². The molecule has 0 heterocycles. The average molecular weight is 346 g/mol. The fourth-order valence-electron chi connectivity index (χ4n) is 2.21. The first-order chi connectivity index (χ1) is 11.5. The van der Waals surface area contributed by atoms with E-state index in [1.165, 1.54) is 29.2 Å². The van der Waals surface area contributed by atoms with Crippen LogP contribution in [0.25, 0.3) is 0 Å². The van der Waals surface area contributed by atoms with Crippen LogP contribution >= 0.6 is 0 Å². The standard InChI is InChI=1S/C18H22N2O3S/c1-3-4-14-19-24(22,23)17-12-10-15(11-13-17)18(21)20(2)16-8-6-5-7-9-16/h5-13,19H,3-4,14H2,1-2H3. The lowest BCUT2D eigenvalue weighted by Crippen LogP contribution is -2.27. The predicted molar refractivity (Wildman–Crippen MR) is 95.7 cm³/mol. The van der Waals surface area contributed by atoms with Gasteiger partial charge in [-0.25, -0.2) is 13.1 Å². The molecular weight excluding hydrogens is 324 g/mol. The van der Waals surface area contributed by atoms with Crippen LogP contribution in [0.5, 0.6) is 0 Å². The predicted octanol–water partition coefficient (Wildman–Crippen LogP) is 3.04. The number of carbonyl (C=O) groups is 1. The number of amides is 1. The first-order valence-corrected chi connectivity index (χ1v) is 9.37. The maximum atomic E-state index is 12.5. The summed E-state index contributed by atoms with van der Waals surface area (Å²) in [6.07, 6.45) is 1.71. The van der Waals surface area contributed by atoms with Gasteiger partial charge in [-0.15, -0.1) is 0 Å². The Balaban J connectivity index is 2.13. The van der Waals surface area contributed by atoms with Crippen molar-refractivity contribution in [3.63, 3.8) is 0 Å². The van der Waals surface area contributed by atoms with Gasteiger partial charge in [0.1, 0.15) is 0 Å². The van der Waals surface area contributed by atoms with Gasteiger partial charge in [-0.3, -0.25) is 4.79 Å². The molecule has 0 aliphatic carbocycles. The minimum atomic E-state index is -3.52. The zero-order valence-corrected chi connectivity index (χ0v) is 14.7. The zero-order valence-electron chi connectivity index (χ0n) is 13.9. The van der Waals surface area contributed by atoms with Gasteiger partial charge < -0.3 is 4.90 Å². The smallest absolute Gasteiger partial charge is 0.258 e. The Kier molecular flexibility index (Phi) is 6.11. The lowest BCUT2D eigenvalue weighted by Gasteiger charge is -2.17. The van der Waals surface area contributed by atoms with Gasteiger partial charge in [0.2, 0.25) is 10.0 Å². The third-order valence-electron chi connectivity index (χ3n) is 3.68. The summed E-state index contributed by atoms with van der Waals surface area (Å²) in [5.41, 5.74) is 1.22. The number of nitrogens with one attached hydrogen (secondary N) is 1. The van der Waals surface area contributed by atoms with Crippen LogP contribution in [0.1, 0.15) is 30.1 Å². The summed E-state index contributed by atoms with van der Waals surface area (Å²) in [4.78, 5) is 14.2. The molecule has 0 unspecified atom stereocenters. The van der Waals surface area contributed by atoms with Gasteiger partial charge in [0, 0.05) is 24.8 Å². The summed E-state index contributed by atoms with van der Waals surface area (Å²) < 4.78 is 26.8. The van der Waals surface area contributed by atoms with Gasteiger partial charge in [0.15, 0.2) is 0 Å². The lowest BCUT2D eigenvalue weighted by atomic mass is 10.2. The highest BCUT2D eigenvalue weighted by Gasteiger charge is 2.16. The van der Waals surface area contributed by atoms with E-state index < -0.39 is 10.0 Å². The molecule has 1 amide bonds. The highest BCUT2D eigenvalue weighted by Crippen LogP contribution is 2.16. The number of para-hydroxylation sites is 1. The number of sulfonamides is 1. The molecule has 2 aromatic rings. The average Bonchev–Trinajstić information content (AvgIpc) is 2.61. The van der Waals surface area contributed by atoms with Crippen LogP contribution in [0, 0.1) is 0 Å². The highest BCUT2D eigenvalue weighted by molar-refractivity contribution is 7.89. The number of unbranched alkanes of at least 4 members (excludes halogenated alkanes) is 1. The molecule has 6 heteroatoms. The van der Waals surface area contributed by atoms with Crippen LogP contribution in [0.15, 0.2) is 59.5 Å². The summed E-state index contributed by atoms with van der Waals surface area (Å²) in [7, 11) is -1.83. The second-order valence-electron chi connectivity index (χ2n) is 5.48. The van der Waals surface area contributed by atoms with Gasteiger partial charge in [0.05, 0.1) is 4.90 Å². The SMILES string of the molecule is CCCCNS(=O)(=O)c1ccc(C(=O)N(C)c2ccccc2)cc1. The number of rotatable bonds is 7. The lowest BCUT2D eigenvalue weighted by molar-refractivity contribution is 0.0993. The molecule has 0 aliphatic heterocycles. The molecule has 0 aliphatic rings. The van der Waals surface area contributed by atoms with Crippen LogP contribution in [-0.2, 0) is 10.0 Å². The van der Waals surface area contributed by atoms with E-state index in [0.29, 0.717) is 12.1 Å². The van der Waals surface area contributed by atoms with Crippen molar-refractivity contribution in [2.75, 3.05) is 18.5 Å². The van der Waals surface area contributed by atoms with Crippen molar-refractivity contribution in [2.24, 2.45) is 0 Å². The van der Waals surface area contributed by atoms with E-state index in [0.717, 1.165) is 18.5 Å². The Bertz CT molecular complexity index is 772. The summed E-state index contributed by atoms with van der Waals surface area (Å²) in [5.74, 6) is -0.191. The van der Waals surface area contributed by atoms with Crippen LogP contribution < -0.4 is 9.62 Å². The fraction of sp³-hybridized carbons (Fsp3) is 0.278. The maximum Gasteiger partial charge on any atom is 0.258 e. The minimum Gasteiger partial charge on any atom is -0.311 e. The maximum absolute atomic E-state index is 12.5. The Morgan fingerprint density at radius 2 is 1.67 bits per heavy atom. The van der Waals surface area contributed by atoms with Crippen molar-refractivity contribution in [3.05, 3.63) is 60.2 Å². The first-order valence-electron chi connectivity index (χ1n) is 7.88. The number of anilines is 1. The molecule has 2 rings (SSSR count). The van der Waals surface area contributed by atoms with Gasteiger partial charge in [-0.05, 0) is 42.8 Å². The monoisotopic (exact) mass is 346 g/mol. The van der Waals surface area contributed by atoms with E-state index in [1.807, 2.05) is 37.3 Å². The molecule has 0 bridgehead atoms. The number of benzene rings is 2. The molecule has 0 saturated carbocycles. The highest BCUT2D eigenvalue weighted by atomic mass is 32.2. The number of carbonyl (C=O) groups excluding carboxylic acids is 1. The third kappa shape index (κ3) is 4.43. The van der Waals surface area contributed by atoms with Crippen molar-refractivity contribution < 1.29 is 13.2 Å². The second kappa shape index (κ2) is 8.08. The Labute approximate surface area is 143 Å². The largest absolute Gasteiger partial charge is 0.311 e. The van der Waals surface area contributed by atoms with E-state index in [4.69, 9.17) is 0 Å². The molecule has 0 fully saturated rings. The molecule has 5 nitrogen and oxygen atoms in total. The molecule has 0 spiro atoms. The van der Waals surface area contributed by atoms with E-state index in [2.05, 4.69) is 4.72 Å². The Morgan fingerprint density at radius 3 is 2.25 bits per heavy atom. The van der Waals surface area contributed by atoms with E-state index in [9.17, 15) is 13.2 Å². The molecule has 2 aromatic carbocycles. The number of hydrogen-bond donors (Lipinski definition) is 1. The molecule has 128 valence electrons. The van der Waals surface area contributed by atoms with Gasteiger partial charge in [-0.2, -0.15) is 0 Å². The molecule has 0 atom stereocenters. The van der Waals surface area contributed by atoms with E-state index in [1.54, 1.807) is 7.05 Å². The molecule has 1 N–H and O–H groups in total. The summed E-state index contributed by atoms with van der Waals surface area (Å²) >= 11 is 0. The van der Waals surface area contributed by atoms with Crippen LogP contribution in [-0.4, -0.2) is 27.9 Å². The molecule has 0 aromatic heterocycles. The van der Waals surface area contributed by atoms with E-state index in [-0.39, 0.29) is 10.8 Å². The Morgan fingerprint density at radius 1 is 1.04 bits per heavy atom. The van der Waals surface area contributed by atoms with Crippen molar-refractivity contribution in [2.45, 2.75) is 24.7 Å². The van der Waals surface area contributed by atoms with Gasteiger partial charge in [0.25, 0.3) is 5.91 Å². The van der Waals surface area contributed by atoms with Crippen LogP contribution in [0.3, 0.4) is 0 Å². The molecule has 24 heavy (non-hydrogen) atoms. The number of hydrogen-bond acceptors (Lipinski definition) is 3. The number of nitrogens with zero attached hydrogens (tertiary/aromatic N) is 1. The fourth-order valence-corrected chi connectivity index (χ4v) is 3.28. The quantitative estimate of drug-likeness (QED) is 0.784. The van der Waals surface area contributed by atoms with Crippen molar-refractivity contribution in [1.29, 1.82) is 0 Å². The first kappa shape index (κ1) is 18.2. The third-order valence-corrected chi connectivity index (χ3v) is 5.16. The summed E-state index contributed by atoms with van der Waals surface area (Å²) in [6.45, 7) is 2.41. The second-order valence-corrected chi connectivity index (χ2v) is 7.24. The van der Waals surface area contributed by atoms with Crippen molar-refractivity contribution >= 4 is 21.6 Å². The zero-order chi connectivity index (χ0) is 17.6. The minimum absolute atomic E-state index is 0.164. The van der Waals surface area contributed by atoms with Gasteiger partial charge in [-0.1, -0.05) is 31.5 Å². The van der Waals surface area contributed by atoms with Crippen LogP contribution in [0.4, 0.5) is 5.69 Å². The topological polar surface area (TPSA) is 66.5 Å². The molecule has 0 saturated heterocycles. The van der Waals surface area contributed by atoms with Crippen LogP contribution in [0.2, 0.25) is 0 Å². The molecular formula is C18H22N2O3S. The van der Waals surface area contributed by atoms with Crippen molar-refractivity contribution in [3.8, 4) is 0 Å². The normalized spacial score (nSPS) is 11.2.